The Labute approximate surface area is 119 Å². The van der Waals surface area contributed by atoms with Crippen LogP contribution in [-0.4, -0.2) is 11.6 Å². The summed E-state index contributed by atoms with van der Waals surface area (Å²) in [5.41, 5.74) is 2.04. The molecule has 0 saturated carbocycles. The van der Waals surface area contributed by atoms with E-state index in [4.69, 9.17) is 10.00 Å². The summed E-state index contributed by atoms with van der Waals surface area (Å²) in [6.07, 6.45) is 1.79. The van der Waals surface area contributed by atoms with Crippen LogP contribution in [-0.2, 0) is 6.54 Å². The summed E-state index contributed by atoms with van der Waals surface area (Å²) in [6, 6.07) is 15.7. The van der Waals surface area contributed by atoms with Crippen molar-refractivity contribution >= 4 is 0 Å². The molecule has 0 amide bonds. The molecular weight excluding hydrogens is 250 g/mol. The Morgan fingerprint density at radius 1 is 1.25 bits per heavy atom. The van der Waals surface area contributed by atoms with Gasteiger partial charge in [-0.1, -0.05) is 24.3 Å². The molecule has 0 aliphatic heterocycles. The van der Waals surface area contributed by atoms with E-state index in [1.54, 1.807) is 6.20 Å². The van der Waals surface area contributed by atoms with E-state index in [-0.39, 0.29) is 12.6 Å². The number of benzene rings is 1. The molecule has 0 radical (unpaired) electrons. The first kappa shape index (κ1) is 14.0. The lowest BCUT2D eigenvalue weighted by atomic mass is 10.1. The van der Waals surface area contributed by atoms with Gasteiger partial charge in [0, 0.05) is 24.3 Å². The molecule has 0 aliphatic rings. The molecule has 4 nitrogen and oxygen atoms in total. The molecule has 1 aromatic carbocycles. The van der Waals surface area contributed by atoms with Gasteiger partial charge < -0.3 is 10.1 Å². The smallest absolute Gasteiger partial charge is 0.174 e. The maximum atomic E-state index is 8.59. The molecule has 1 unspecified atom stereocenters. The first-order valence-corrected chi connectivity index (χ1v) is 6.53. The SMILES string of the molecule is CC(NCc1ccccc1OCC#N)c1ccccn1. The molecule has 1 N–H and O–H groups in total. The molecule has 102 valence electrons. The second-order valence-corrected chi connectivity index (χ2v) is 4.41. The molecule has 2 aromatic rings. The summed E-state index contributed by atoms with van der Waals surface area (Å²) in [6.45, 7) is 2.80. The van der Waals surface area contributed by atoms with Gasteiger partial charge in [-0.15, -0.1) is 0 Å². The zero-order valence-electron chi connectivity index (χ0n) is 11.4. The van der Waals surface area contributed by atoms with Crippen LogP contribution in [0.5, 0.6) is 5.75 Å². The summed E-state index contributed by atoms with van der Waals surface area (Å²) < 4.78 is 5.41. The maximum Gasteiger partial charge on any atom is 0.174 e. The fourth-order valence-electron chi connectivity index (χ4n) is 1.90. The van der Waals surface area contributed by atoms with Crippen LogP contribution in [0.25, 0.3) is 0 Å². The van der Waals surface area contributed by atoms with E-state index >= 15 is 0 Å². The third-order valence-corrected chi connectivity index (χ3v) is 2.99. The van der Waals surface area contributed by atoms with E-state index in [0.29, 0.717) is 6.54 Å². The topological polar surface area (TPSA) is 57.9 Å². The number of hydrogen-bond acceptors (Lipinski definition) is 4. The molecule has 0 fully saturated rings. The van der Waals surface area contributed by atoms with Gasteiger partial charge in [-0.2, -0.15) is 5.26 Å². The van der Waals surface area contributed by atoms with Crippen LogP contribution in [0.15, 0.2) is 48.7 Å². The molecule has 0 bridgehead atoms. The Hall–Kier alpha value is -2.38. The fraction of sp³-hybridized carbons (Fsp3) is 0.250. The summed E-state index contributed by atoms with van der Waals surface area (Å²) in [7, 11) is 0. The van der Waals surface area contributed by atoms with Crippen LogP contribution in [0.2, 0.25) is 0 Å². The molecule has 1 atom stereocenters. The van der Waals surface area contributed by atoms with Crippen LogP contribution >= 0.6 is 0 Å². The van der Waals surface area contributed by atoms with Gasteiger partial charge in [-0.05, 0) is 25.1 Å². The van der Waals surface area contributed by atoms with E-state index in [1.807, 2.05) is 48.5 Å². The largest absolute Gasteiger partial charge is 0.478 e. The van der Waals surface area contributed by atoms with Crippen molar-refractivity contribution in [3.8, 4) is 11.8 Å². The first-order chi connectivity index (χ1) is 9.81. The van der Waals surface area contributed by atoms with Gasteiger partial charge in [-0.3, -0.25) is 4.98 Å². The summed E-state index contributed by atoms with van der Waals surface area (Å²) in [4.78, 5) is 4.33. The minimum Gasteiger partial charge on any atom is -0.478 e. The molecule has 20 heavy (non-hydrogen) atoms. The average molecular weight is 267 g/mol. The number of hydrogen-bond donors (Lipinski definition) is 1. The zero-order chi connectivity index (χ0) is 14.2. The number of aromatic nitrogens is 1. The van der Waals surface area contributed by atoms with Gasteiger partial charge in [-0.25, -0.2) is 0 Å². The molecular formula is C16H17N3O. The Kier molecular flexibility index (Phi) is 5.10. The minimum absolute atomic E-state index is 0.0623. The van der Waals surface area contributed by atoms with E-state index in [0.717, 1.165) is 17.0 Å². The van der Waals surface area contributed by atoms with Crippen LogP contribution < -0.4 is 10.1 Å². The number of rotatable bonds is 6. The number of ether oxygens (including phenoxy) is 1. The molecule has 0 aliphatic carbocycles. The van der Waals surface area contributed by atoms with Crippen molar-refractivity contribution in [2.75, 3.05) is 6.61 Å². The summed E-state index contributed by atoms with van der Waals surface area (Å²) in [5.74, 6) is 0.745. The number of nitriles is 1. The highest BCUT2D eigenvalue weighted by Crippen LogP contribution is 2.19. The van der Waals surface area contributed by atoms with E-state index in [9.17, 15) is 0 Å². The van der Waals surface area contributed by atoms with Gasteiger partial charge in [0.25, 0.3) is 0 Å². The highest BCUT2D eigenvalue weighted by atomic mass is 16.5. The van der Waals surface area contributed by atoms with Crippen molar-refractivity contribution in [2.24, 2.45) is 0 Å². The molecule has 2 rings (SSSR count). The average Bonchev–Trinajstić information content (AvgIpc) is 2.52. The molecule has 0 spiro atoms. The minimum atomic E-state index is 0.0623. The molecule has 1 heterocycles. The van der Waals surface area contributed by atoms with E-state index in [1.165, 1.54) is 0 Å². The quantitative estimate of drug-likeness (QED) is 0.874. The predicted octanol–water partition coefficient (Wildman–Crippen LogP) is 2.83. The van der Waals surface area contributed by atoms with Gasteiger partial charge in [0.15, 0.2) is 6.61 Å². The predicted molar refractivity (Wildman–Crippen MR) is 77.0 cm³/mol. The Morgan fingerprint density at radius 3 is 2.80 bits per heavy atom. The third-order valence-electron chi connectivity index (χ3n) is 2.99. The van der Waals surface area contributed by atoms with Crippen molar-refractivity contribution in [1.82, 2.24) is 10.3 Å². The molecule has 4 heteroatoms. The normalized spacial score (nSPS) is 11.6. The van der Waals surface area contributed by atoms with Gasteiger partial charge in [0.05, 0.1) is 5.69 Å². The second-order valence-electron chi connectivity index (χ2n) is 4.41. The van der Waals surface area contributed by atoms with Crippen LogP contribution in [0.3, 0.4) is 0 Å². The highest BCUT2D eigenvalue weighted by Gasteiger charge is 2.08. The van der Waals surface area contributed by atoms with Crippen molar-refractivity contribution in [3.63, 3.8) is 0 Å². The third kappa shape index (κ3) is 3.81. The Bertz CT molecular complexity index is 578. The maximum absolute atomic E-state index is 8.59. The Morgan fingerprint density at radius 2 is 2.05 bits per heavy atom. The van der Waals surface area contributed by atoms with Gasteiger partial charge in [0.1, 0.15) is 11.8 Å². The first-order valence-electron chi connectivity index (χ1n) is 6.53. The van der Waals surface area contributed by atoms with Crippen LogP contribution in [0.4, 0.5) is 0 Å². The number of nitrogens with one attached hydrogen (secondary N) is 1. The lowest BCUT2D eigenvalue weighted by molar-refractivity contribution is 0.361. The summed E-state index contributed by atoms with van der Waals surface area (Å²) in [5, 5.41) is 12.0. The number of nitrogens with zero attached hydrogens (tertiary/aromatic N) is 2. The zero-order valence-corrected chi connectivity index (χ0v) is 11.4. The highest BCUT2D eigenvalue weighted by molar-refractivity contribution is 5.33. The van der Waals surface area contributed by atoms with Crippen molar-refractivity contribution in [3.05, 3.63) is 59.9 Å². The van der Waals surface area contributed by atoms with Crippen LogP contribution in [0, 0.1) is 11.3 Å². The lowest BCUT2D eigenvalue weighted by Crippen LogP contribution is -2.19. The Balaban J connectivity index is 1.99. The monoisotopic (exact) mass is 267 g/mol. The van der Waals surface area contributed by atoms with Crippen molar-refractivity contribution in [2.45, 2.75) is 19.5 Å². The van der Waals surface area contributed by atoms with Crippen molar-refractivity contribution in [1.29, 1.82) is 5.26 Å². The van der Waals surface area contributed by atoms with E-state index in [2.05, 4.69) is 17.2 Å². The van der Waals surface area contributed by atoms with Crippen LogP contribution in [0.1, 0.15) is 24.2 Å². The van der Waals surface area contributed by atoms with Crippen molar-refractivity contribution < 1.29 is 4.74 Å². The fourth-order valence-corrected chi connectivity index (χ4v) is 1.90. The molecule has 1 aromatic heterocycles. The number of pyridine rings is 1. The lowest BCUT2D eigenvalue weighted by Gasteiger charge is -2.15. The summed E-state index contributed by atoms with van der Waals surface area (Å²) >= 11 is 0. The second kappa shape index (κ2) is 7.27. The standard InChI is InChI=1S/C16H17N3O/c1-13(15-7-4-5-10-18-15)19-12-14-6-2-3-8-16(14)20-11-9-17/h2-8,10,13,19H,11-12H2,1H3. The molecule has 0 saturated heterocycles. The van der Waals surface area contributed by atoms with Gasteiger partial charge >= 0.3 is 0 Å². The number of para-hydroxylation sites is 1. The van der Waals surface area contributed by atoms with E-state index < -0.39 is 0 Å². The van der Waals surface area contributed by atoms with Gasteiger partial charge in [0.2, 0.25) is 0 Å².